The summed E-state index contributed by atoms with van der Waals surface area (Å²) >= 11 is 0. The fourth-order valence-corrected chi connectivity index (χ4v) is 6.79. The number of benzene rings is 2. The van der Waals surface area contributed by atoms with Gasteiger partial charge in [0, 0.05) is 28.5 Å². The number of aryl methyl sites for hydroxylation is 2. The zero-order valence-corrected chi connectivity index (χ0v) is 19.7. The molecule has 0 spiro atoms. The van der Waals surface area contributed by atoms with Gasteiger partial charge in [0.2, 0.25) is 5.69 Å². The first-order valence-corrected chi connectivity index (χ1v) is 12.7. The molecule has 0 unspecified atom stereocenters. The van der Waals surface area contributed by atoms with E-state index in [1.807, 2.05) is 12.1 Å². The van der Waals surface area contributed by atoms with Gasteiger partial charge >= 0.3 is 0 Å². The fraction of sp³-hybridized carbons (Fsp3) is 0.433. The first kappa shape index (κ1) is 20.9. The molecule has 0 radical (unpaired) electrons. The normalized spacial score (nSPS) is 21.9. The van der Waals surface area contributed by atoms with E-state index in [0.29, 0.717) is 0 Å². The minimum absolute atomic E-state index is 0.102. The van der Waals surface area contributed by atoms with Gasteiger partial charge in [0.15, 0.2) is 6.20 Å². The Morgan fingerprint density at radius 3 is 2.27 bits per heavy atom. The molecule has 6 rings (SSSR count). The second-order valence-electron chi connectivity index (χ2n) is 10.4. The highest BCUT2D eigenvalue weighted by molar-refractivity contribution is 6.10. The van der Waals surface area contributed by atoms with Crippen LogP contribution in [-0.2, 0) is 7.05 Å². The Kier molecular flexibility index (Phi) is 5.24. The van der Waals surface area contributed by atoms with Crippen LogP contribution in [0.25, 0.3) is 33.2 Å². The first-order chi connectivity index (χ1) is 16.1. The minimum Gasteiger partial charge on any atom is -0.455 e. The van der Waals surface area contributed by atoms with Gasteiger partial charge in [0.05, 0.1) is 5.56 Å². The van der Waals surface area contributed by atoms with Crippen molar-refractivity contribution >= 4 is 21.9 Å². The van der Waals surface area contributed by atoms with Crippen molar-refractivity contribution in [3.63, 3.8) is 0 Å². The number of hydrogen-bond donors (Lipinski definition) is 0. The summed E-state index contributed by atoms with van der Waals surface area (Å²) in [5.74, 6) is 1.91. The van der Waals surface area contributed by atoms with Crippen LogP contribution in [0.5, 0.6) is 0 Å². The molecule has 2 fully saturated rings. The summed E-state index contributed by atoms with van der Waals surface area (Å²) in [6.45, 7) is 2.13. The molecule has 2 nitrogen and oxygen atoms in total. The number of halogens is 1. The minimum atomic E-state index is -0.102. The third kappa shape index (κ3) is 3.48. The Morgan fingerprint density at radius 1 is 0.818 bits per heavy atom. The van der Waals surface area contributed by atoms with Crippen LogP contribution in [0.3, 0.4) is 0 Å². The van der Waals surface area contributed by atoms with E-state index in [1.54, 1.807) is 6.07 Å². The number of pyridine rings is 1. The Balaban J connectivity index is 1.45. The lowest BCUT2D eigenvalue weighted by molar-refractivity contribution is -0.660. The van der Waals surface area contributed by atoms with Crippen LogP contribution >= 0.6 is 0 Å². The standard InChI is InChI=1S/C30H33FNO/c1-19-10-15-23-24-16-17-25(31)28(22-13-11-21(12-14-22)20-7-3-4-8-20)30(24)33-29(23)27(19)26-9-5-6-18-32(26)2/h5-6,9-10,15-18,20-22H,3-4,7-8,11-14H2,1-2H3/q+1. The summed E-state index contributed by atoms with van der Waals surface area (Å²) in [5, 5.41) is 2.12. The van der Waals surface area contributed by atoms with E-state index < -0.39 is 0 Å². The number of fused-ring (bicyclic) bond motifs is 3. The predicted molar refractivity (Wildman–Crippen MR) is 132 cm³/mol. The van der Waals surface area contributed by atoms with Crippen molar-refractivity contribution in [2.24, 2.45) is 18.9 Å². The number of rotatable bonds is 3. The lowest BCUT2D eigenvalue weighted by atomic mass is 9.73. The van der Waals surface area contributed by atoms with Crippen molar-refractivity contribution in [2.75, 3.05) is 0 Å². The van der Waals surface area contributed by atoms with Crippen LogP contribution in [0.1, 0.15) is 68.4 Å². The summed E-state index contributed by atoms with van der Waals surface area (Å²) in [7, 11) is 2.06. The molecule has 0 bridgehead atoms. The molecule has 0 N–H and O–H groups in total. The summed E-state index contributed by atoms with van der Waals surface area (Å²) in [4.78, 5) is 0. The van der Waals surface area contributed by atoms with Gasteiger partial charge in [0.25, 0.3) is 0 Å². The fourth-order valence-electron chi connectivity index (χ4n) is 6.79. The van der Waals surface area contributed by atoms with Crippen molar-refractivity contribution in [3.05, 3.63) is 65.6 Å². The van der Waals surface area contributed by atoms with Crippen molar-refractivity contribution in [1.82, 2.24) is 0 Å². The van der Waals surface area contributed by atoms with Gasteiger partial charge in [-0.25, -0.2) is 8.96 Å². The summed E-state index contributed by atoms with van der Waals surface area (Å²) < 4.78 is 24.1. The van der Waals surface area contributed by atoms with Gasteiger partial charge < -0.3 is 4.42 Å². The predicted octanol–water partition coefficient (Wildman–Crippen LogP) is 7.99. The highest BCUT2D eigenvalue weighted by atomic mass is 19.1. The largest absolute Gasteiger partial charge is 0.455 e. The van der Waals surface area contributed by atoms with Crippen LogP contribution in [-0.4, -0.2) is 0 Å². The number of aromatic nitrogens is 1. The molecule has 2 aromatic heterocycles. The van der Waals surface area contributed by atoms with Crippen LogP contribution < -0.4 is 4.57 Å². The zero-order chi connectivity index (χ0) is 22.5. The van der Waals surface area contributed by atoms with Crippen molar-refractivity contribution < 1.29 is 13.4 Å². The molecule has 4 aromatic rings. The maximum absolute atomic E-state index is 15.3. The first-order valence-electron chi connectivity index (χ1n) is 12.7. The van der Waals surface area contributed by atoms with Gasteiger partial charge in [-0.15, -0.1) is 0 Å². The average molecular weight is 443 g/mol. The summed E-state index contributed by atoms with van der Waals surface area (Å²) in [6, 6.07) is 14.1. The molecule has 0 aliphatic heterocycles. The van der Waals surface area contributed by atoms with Crippen molar-refractivity contribution in [2.45, 2.75) is 64.2 Å². The Morgan fingerprint density at radius 2 is 1.52 bits per heavy atom. The van der Waals surface area contributed by atoms with Crippen molar-refractivity contribution in [3.8, 4) is 11.3 Å². The molecule has 0 amide bonds. The highest BCUT2D eigenvalue weighted by Crippen LogP contribution is 2.47. The van der Waals surface area contributed by atoms with Gasteiger partial charge in [-0.05, 0) is 74.1 Å². The second-order valence-corrected chi connectivity index (χ2v) is 10.4. The third-order valence-corrected chi connectivity index (χ3v) is 8.56. The second kappa shape index (κ2) is 8.27. The van der Waals surface area contributed by atoms with Crippen molar-refractivity contribution in [1.29, 1.82) is 0 Å². The molecular weight excluding hydrogens is 409 g/mol. The number of nitrogens with zero attached hydrogens (tertiary/aromatic N) is 1. The maximum atomic E-state index is 15.3. The van der Waals surface area contributed by atoms with Gasteiger partial charge in [-0.1, -0.05) is 37.8 Å². The smallest absolute Gasteiger partial charge is 0.216 e. The lowest BCUT2D eigenvalue weighted by Crippen LogP contribution is -2.30. The molecule has 3 heteroatoms. The van der Waals surface area contributed by atoms with Crippen LogP contribution in [0.4, 0.5) is 4.39 Å². The molecule has 170 valence electrons. The molecule has 33 heavy (non-hydrogen) atoms. The Bertz CT molecular complexity index is 1320. The Hall–Kier alpha value is -2.68. The number of hydrogen-bond acceptors (Lipinski definition) is 1. The highest BCUT2D eigenvalue weighted by Gasteiger charge is 2.32. The van der Waals surface area contributed by atoms with E-state index in [-0.39, 0.29) is 11.7 Å². The molecule has 2 saturated carbocycles. The molecule has 0 atom stereocenters. The average Bonchev–Trinajstić information content (AvgIpc) is 3.48. The topological polar surface area (TPSA) is 17.0 Å². The summed E-state index contributed by atoms with van der Waals surface area (Å²) in [6.07, 6.45) is 12.3. The Labute approximate surface area is 195 Å². The maximum Gasteiger partial charge on any atom is 0.216 e. The van der Waals surface area contributed by atoms with Gasteiger partial charge in [0.1, 0.15) is 24.0 Å². The molecular formula is C30H33FNO+. The van der Waals surface area contributed by atoms with Crippen LogP contribution in [0.2, 0.25) is 0 Å². The van der Waals surface area contributed by atoms with E-state index in [2.05, 4.69) is 49.0 Å². The van der Waals surface area contributed by atoms with Crippen LogP contribution in [0.15, 0.2) is 53.1 Å². The molecule has 2 aliphatic carbocycles. The van der Waals surface area contributed by atoms with Gasteiger partial charge in [-0.3, -0.25) is 0 Å². The van der Waals surface area contributed by atoms with E-state index in [1.165, 1.54) is 44.1 Å². The third-order valence-electron chi connectivity index (χ3n) is 8.56. The molecule has 2 heterocycles. The van der Waals surface area contributed by atoms with E-state index >= 15 is 4.39 Å². The zero-order valence-electron chi connectivity index (χ0n) is 19.7. The van der Waals surface area contributed by atoms with Gasteiger partial charge in [-0.2, -0.15) is 0 Å². The SMILES string of the molecule is Cc1ccc2c(oc3c(C4CCC(C5CCCC5)CC4)c(F)ccc32)c1-c1cccc[n+]1C. The molecule has 2 aliphatic rings. The lowest BCUT2D eigenvalue weighted by Gasteiger charge is -2.32. The number of furan rings is 1. The molecule has 0 saturated heterocycles. The monoisotopic (exact) mass is 442 g/mol. The van der Waals surface area contributed by atoms with Crippen LogP contribution in [0, 0.1) is 24.6 Å². The van der Waals surface area contributed by atoms with E-state index in [9.17, 15) is 0 Å². The molecule has 2 aromatic carbocycles. The van der Waals surface area contributed by atoms with E-state index in [0.717, 1.165) is 63.4 Å². The van der Waals surface area contributed by atoms with E-state index in [4.69, 9.17) is 4.42 Å². The quantitative estimate of drug-likeness (QED) is 0.294. The summed E-state index contributed by atoms with van der Waals surface area (Å²) in [5.41, 5.74) is 5.83.